The zero-order valence-corrected chi connectivity index (χ0v) is 15.1. The minimum absolute atomic E-state index is 0.176. The molecule has 24 heavy (non-hydrogen) atoms. The van der Waals surface area contributed by atoms with Crippen molar-refractivity contribution in [3.05, 3.63) is 23.8 Å². The molecule has 1 N–H and O–H groups in total. The van der Waals surface area contributed by atoms with Crippen LogP contribution in [-0.4, -0.2) is 49.2 Å². The van der Waals surface area contributed by atoms with Crippen LogP contribution in [0.2, 0.25) is 0 Å². The zero-order valence-electron chi connectivity index (χ0n) is 15.1. The number of carbonyl (C=O) groups is 2. The maximum absolute atomic E-state index is 13.1. The summed E-state index contributed by atoms with van der Waals surface area (Å²) in [6, 6.07) is 5.42. The lowest BCUT2D eigenvalue weighted by atomic mass is 9.74. The number of carboxylic acids is 1. The second kappa shape index (κ2) is 8.57. The van der Waals surface area contributed by atoms with Gasteiger partial charge in [-0.2, -0.15) is 0 Å². The minimum atomic E-state index is -1.02. The average Bonchev–Trinajstić information content (AvgIpc) is 2.60. The number of carboxylic acid groups (broad SMARTS) is 1. The van der Waals surface area contributed by atoms with Crippen LogP contribution < -0.4 is 9.47 Å². The van der Waals surface area contributed by atoms with Crippen LogP contribution in [-0.2, 0) is 15.0 Å². The third kappa shape index (κ3) is 3.80. The highest BCUT2D eigenvalue weighted by Gasteiger charge is 2.40. The van der Waals surface area contributed by atoms with E-state index in [1.807, 2.05) is 19.9 Å². The predicted molar refractivity (Wildman–Crippen MR) is 91.7 cm³/mol. The maximum Gasteiger partial charge on any atom is 0.323 e. The van der Waals surface area contributed by atoms with E-state index in [0.29, 0.717) is 30.9 Å². The monoisotopic (exact) mass is 337 g/mol. The molecule has 0 aliphatic heterocycles. The fourth-order valence-electron chi connectivity index (χ4n) is 3.01. The molecular formula is C18H27NO5. The predicted octanol–water partition coefficient (Wildman–Crippen LogP) is 2.69. The van der Waals surface area contributed by atoms with Gasteiger partial charge in [0.1, 0.15) is 6.54 Å². The van der Waals surface area contributed by atoms with Crippen molar-refractivity contribution in [1.29, 1.82) is 0 Å². The van der Waals surface area contributed by atoms with Gasteiger partial charge in [-0.25, -0.2) is 0 Å². The summed E-state index contributed by atoms with van der Waals surface area (Å²) in [5, 5.41) is 9.07. The summed E-state index contributed by atoms with van der Waals surface area (Å²) in [6.07, 6.45) is 1.13. The Labute approximate surface area is 143 Å². The van der Waals surface area contributed by atoms with E-state index in [9.17, 15) is 9.59 Å². The minimum Gasteiger partial charge on any atom is -0.493 e. The second-order valence-electron chi connectivity index (χ2n) is 5.57. The number of aliphatic carboxylic acids is 1. The number of benzene rings is 1. The highest BCUT2D eigenvalue weighted by atomic mass is 16.5. The number of ether oxygens (including phenoxy) is 2. The summed E-state index contributed by atoms with van der Waals surface area (Å²) in [5.74, 6) is -0.0497. The average molecular weight is 337 g/mol. The highest BCUT2D eigenvalue weighted by Crippen LogP contribution is 2.38. The molecule has 0 heterocycles. The Morgan fingerprint density at radius 2 is 1.67 bits per heavy atom. The number of methoxy groups -OCH3 is 2. The summed E-state index contributed by atoms with van der Waals surface area (Å²) in [5.41, 5.74) is 0.0179. The Kier molecular flexibility index (Phi) is 7.07. The van der Waals surface area contributed by atoms with Crippen molar-refractivity contribution in [2.75, 3.05) is 27.3 Å². The number of rotatable bonds is 9. The number of hydrogen-bond acceptors (Lipinski definition) is 4. The lowest BCUT2D eigenvalue weighted by Crippen LogP contribution is -2.48. The molecule has 0 bridgehead atoms. The van der Waals surface area contributed by atoms with Gasteiger partial charge in [0.2, 0.25) is 5.91 Å². The van der Waals surface area contributed by atoms with Crippen LogP contribution >= 0.6 is 0 Å². The van der Waals surface area contributed by atoms with Gasteiger partial charge in [-0.3, -0.25) is 9.59 Å². The Morgan fingerprint density at radius 1 is 1.08 bits per heavy atom. The van der Waals surface area contributed by atoms with Crippen LogP contribution in [0, 0.1) is 0 Å². The number of carbonyl (C=O) groups excluding carboxylic acids is 1. The molecule has 1 aromatic carbocycles. The van der Waals surface area contributed by atoms with Gasteiger partial charge < -0.3 is 19.5 Å². The Balaban J connectivity index is 3.38. The van der Waals surface area contributed by atoms with E-state index in [1.54, 1.807) is 33.3 Å². The summed E-state index contributed by atoms with van der Waals surface area (Å²) >= 11 is 0. The molecule has 134 valence electrons. The van der Waals surface area contributed by atoms with Crippen molar-refractivity contribution in [2.24, 2.45) is 0 Å². The molecular weight excluding hydrogens is 310 g/mol. The topological polar surface area (TPSA) is 76.1 Å². The first kappa shape index (κ1) is 19.8. The molecule has 1 rings (SSSR count). The lowest BCUT2D eigenvalue weighted by Gasteiger charge is -2.36. The van der Waals surface area contributed by atoms with Crippen molar-refractivity contribution in [2.45, 2.75) is 39.0 Å². The van der Waals surface area contributed by atoms with Crippen LogP contribution in [0.3, 0.4) is 0 Å². The quantitative estimate of drug-likeness (QED) is 0.750. The molecule has 0 aliphatic rings. The van der Waals surface area contributed by atoms with E-state index in [0.717, 1.165) is 5.56 Å². The number of amides is 1. The van der Waals surface area contributed by atoms with Crippen molar-refractivity contribution in [3.63, 3.8) is 0 Å². The fourth-order valence-corrected chi connectivity index (χ4v) is 3.01. The van der Waals surface area contributed by atoms with Gasteiger partial charge >= 0.3 is 5.97 Å². The first-order chi connectivity index (χ1) is 11.4. The van der Waals surface area contributed by atoms with Crippen LogP contribution in [0.1, 0.15) is 39.2 Å². The molecule has 6 nitrogen and oxygen atoms in total. The summed E-state index contributed by atoms with van der Waals surface area (Å²) in [7, 11) is 3.10. The third-order valence-corrected chi connectivity index (χ3v) is 4.55. The summed E-state index contributed by atoms with van der Waals surface area (Å²) in [6.45, 7) is 5.70. The molecule has 0 unspecified atom stereocenters. The van der Waals surface area contributed by atoms with E-state index in [1.165, 1.54) is 4.90 Å². The second-order valence-corrected chi connectivity index (χ2v) is 5.57. The standard InChI is InChI=1S/C18H27NO5/c1-6-18(7-2,17(22)19(8-3)12-16(20)21)13-9-10-14(23-4)15(11-13)24-5/h9-11H,6-8,12H2,1-5H3,(H,20,21). The molecule has 6 heteroatoms. The first-order valence-corrected chi connectivity index (χ1v) is 8.13. The smallest absolute Gasteiger partial charge is 0.323 e. The van der Waals surface area contributed by atoms with Crippen molar-refractivity contribution in [1.82, 2.24) is 4.90 Å². The van der Waals surface area contributed by atoms with Crippen molar-refractivity contribution in [3.8, 4) is 11.5 Å². The van der Waals surface area contributed by atoms with Gasteiger partial charge in [0, 0.05) is 6.54 Å². The van der Waals surface area contributed by atoms with E-state index >= 15 is 0 Å². The van der Waals surface area contributed by atoms with E-state index in [2.05, 4.69) is 0 Å². The van der Waals surface area contributed by atoms with Crippen LogP contribution in [0.25, 0.3) is 0 Å². The van der Waals surface area contributed by atoms with Crippen LogP contribution in [0.4, 0.5) is 0 Å². The van der Waals surface area contributed by atoms with Crippen molar-refractivity contribution < 1.29 is 24.2 Å². The Bertz CT molecular complexity index is 581. The largest absolute Gasteiger partial charge is 0.493 e. The molecule has 0 atom stereocenters. The number of hydrogen-bond donors (Lipinski definition) is 1. The highest BCUT2D eigenvalue weighted by molar-refractivity contribution is 5.90. The SMILES string of the molecule is CCN(CC(=O)O)C(=O)C(CC)(CC)c1ccc(OC)c(OC)c1. The molecule has 1 aromatic rings. The first-order valence-electron chi connectivity index (χ1n) is 8.13. The van der Waals surface area contributed by atoms with Gasteiger partial charge in [0.15, 0.2) is 11.5 Å². The molecule has 0 spiro atoms. The van der Waals surface area contributed by atoms with Crippen LogP contribution in [0.15, 0.2) is 18.2 Å². The molecule has 0 aromatic heterocycles. The lowest BCUT2D eigenvalue weighted by molar-refractivity contribution is -0.147. The van der Waals surface area contributed by atoms with E-state index < -0.39 is 11.4 Å². The Hall–Kier alpha value is -2.24. The number of nitrogens with zero attached hydrogens (tertiary/aromatic N) is 1. The molecule has 0 fully saturated rings. The molecule has 0 radical (unpaired) electrons. The van der Waals surface area contributed by atoms with Gasteiger partial charge in [0.25, 0.3) is 0 Å². The van der Waals surface area contributed by atoms with E-state index in [-0.39, 0.29) is 12.5 Å². The summed E-state index contributed by atoms with van der Waals surface area (Å²) in [4.78, 5) is 25.6. The zero-order chi connectivity index (χ0) is 18.3. The van der Waals surface area contributed by atoms with Crippen LogP contribution in [0.5, 0.6) is 11.5 Å². The van der Waals surface area contributed by atoms with Gasteiger partial charge in [0.05, 0.1) is 19.6 Å². The third-order valence-electron chi connectivity index (χ3n) is 4.55. The Morgan fingerprint density at radius 3 is 2.08 bits per heavy atom. The van der Waals surface area contributed by atoms with Crippen molar-refractivity contribution >= 4 is 11.9 Å². The van der Waals surface area contributed by atoms with E-state index in [4.69, 9.17) is 14.6 Å². The van der Waals surface area contributed by atoms with Gasteiger partial charge in [-0.1, -0.05) is 19.9 Å². The fraction of sp³-hybridized carbons (Fsp3) is 0.556. The molecule has 0 aliphatic carbocycles. The maximum atomic E-state index is 13.1. The molecule has 1 amide bonds. The van der Waals surface area contributed by atoms with Gasteiger partial charge in [-0.15, -0.1) is 0 Å². The molecule has 0 saturated heterocycles. The molecule has 0 saturated carbocycles. The normalized spacial score (nSPS) is 11.0. The summed E-state index contributed by atoms with van der Waals surface area (Å²) < 4.78 is 10.6. The number of likely N-dealkylation sites (N-methyl/N-ethyl adjacent to an activating group) is 1. The van der Waals surface area contributed by atoms with Gasteiger partial charge in [-0.05, 0) is 37.5 Å².